The number of Topliss-reactive ketones (excluding diaryl/α,β-unsaturated/α-hetero) is 1. The second kappa shape index (κ2) is 6.02. The molecule has 0 aliphatic carbocycles. The number of nitrogens with zero attached hydrogens (tertiary/aromatic N) is 2. The molecule has 1 aromatic heterocycles. The van der Waals surface area contributed by atoms with Gasteiger partial charge in [0.05, 0.1) is 10.7 Å². The molecule has 0 atom stereocenters. The number of benzene rings is 1. The number of aryl methyl sites for hydroxylation is 2. The molecule has 0 radical (unpaired) electrons. The van der Waals surface area contributed by atoms with Crippen molar-refractivity contribution >= 4 is 17.4 Å². The fourth-order valence-electron chi connectivity index (χ4n) is 1.96. The van der Waals surface area contributed by atoms with Crippen molar-refractivity contribution in [1.29, 1.82) is 0 Å². The van der Waals surface area contributed by atoms with Gasteiger partial charge in [-0.05, 0) is 18.9 Å². The van der Waals surface area contributed by atoms with Gasteiger partial charge in [-0.25, -0.2) is 0 Å². The summed E-state index contributed by atoms with van der Waals surface area (Å²) in [7, 11) is 0. The summed E-state index contributed by atoms with van der Waals surface area (Å²) in [6.07, 6.45) is 3.83. The van der Waals surface area contributed by atoms with Crippen molar-refractivity contribution in [3.8, 4) is 0 Å². The van der Waals surface area contributed by atoms with E-state index in [1.807, 2.05) is 31.2 Å². The normalized spacial score (nSPS) is 10.7. The minimum absolute atomic E-state index is 0.0437. The van der Waals surface area contributed by atoms with Crippen molar-refractivity contribution in [1.82, 2.24) is 9.78 Å². The van der Waals surface area contributed by atoms with Crippen LogP contribution < -0.4 is 0 Å². The summed E-state index contributed by atoms with van der Waals surface area (Å²) in [6, 6.07) is 7.78. The Kier molecular flexibility index (Phi) is 4.38. The van der Waals surface area contributed by atoms with Gasteiger partial charge in [-0.2, -0.15) is 5.10 Å². The van der Waals surface area contributed by atoms with Crippen LogP contribution in [0.3, 0.4) is 0 Å². The van der Waals surface area contributed by atoms with Crippen LogP contribution in [0.1, 0.15) is 35.0 Å². The van der Waals surface area contributed by atoms with E-state index in [1.165, 1.54) is 5.56 Å². The van der Waals surface area contributed by atoms with Gasteiger partial charge in [0.15, 0.2) is 5.78 Å². The average Bonchev–Trinajstić information content (AvgIpc) is 2.69. The van der Waals surface area contributed by atoms with Crippen LogP contribution in [0.4, 0.5) is 0 Å². The lowest BCUT2D eigenvalue weighted by Crippen LogP contribution is -2.11. The Bertz CT molecular complexity index is 553. The van der Waals surface area contributed by atoms with Crippen LogP contribution in [0.5, 0.6) is 0 Å². The Morgan fingerprint density at radius 3 is 2.53 bits per heavy atom. The Morgan fingerprint density at radius 2 is 2.00 bits per heavy atom. The number of halogens is 1. The maximum Gasteiger partial charge on any atom is 0.184 e. The monoisotopic (exact) mass is 276 g/mol. The van der Waals surface area contributed by atoms with Gasteiger partial charge < -0.3 is 0 Å². The third-order valence-corrected chi connectivity index (χ3v) is 3.38. The summed E-state index contributed by atoms with van der Waals surface area (Å²) in [5, 5.41) is 4.78. The Balaban J connectivity index is 2.07. The largest absolute Gasteiger partial charge is 0.292 e. The van der Waals surface area contributed by atoms with Crippen LogP contribution in [-0.2, 0) is 13.0 Å². The first kappa shape index (κ1) is 13.8. The van der Waals surface area contributed by atoms with E-state index in [4.69, 9.17) is 11.6 Å². The second-order valence-electron chi connectivity index (χ2n) is 4.63. The van der Waals surface area contributed by atoms with Gasteiger partial charge in [0.2, 0.25) is 0 Å². The molecule has 3 nitrogen and oxygen atoms in total. The Hall–Kier alpha value is -1.61. The molecule has 1 aromatic carbocycles. The summed E-state index contributed by atoms with van der Waals surface area (Å²) in [6.45, 7) is 4.19. The van der Waals surface area contributed by atoms with Crippen molar-refractivity contribution in [2.45, 2.75) is 33.2 Å². The highest BCUT2D eigenvalue weighted by Crippen LogP contribution is 2.13. The van der Waals surface area contributed by atoms with Gasteiger partial charge in [0.25, 0.3) is 0 Å². The van der Waals surface area contributed by atoms with Gasteiger partial charge >= 0.3 is 0 Å². The molecule has 0 amide bonds. The second-order valence-corrected chi connectivity index (χ2v) is 5.04. The summed E-state index contributed by atoms with van der Waals surface area (Å²) >= 11 is 5.92. The van der Waals surface area contributed by atoms with Crippen LogP contribution >= 0.6 is 11.6 Å². The van der Waals surface area contributed by atoms with Gasteiger partial charge in [-0.3, -0.25) is 9.48 Å². The minimum Gasteiger partial charge on any atom is -0.292 e. The summed E-state index contributed by atoms with van der Waals surface area (Å²) in [5.74, 6) is 0.0437. The smallest absolute Gasteiger partial charge is 0.184 e. The molecule has 4 heteroatoms. The van der Waals surface area contributed by atoms with E-state index in [0.29, 0.717) is 10.6 Å². The number of hydrogen-bond donors (Lipinski definition) is 0. The molecule has 2 rings (SSSR count). The number of carbonyl (C=O) groups is 1. The first-order chi connectivity index (χ1) is 9.10. The van der Waals surface area contributed by atoms with Crippen LogP contribution in [0.25, 0.3) is 0 Å². The molecule has 0 aliphatic heterocycles. The highest BCUT2D eigenvalue weighted by atomic mass is 35.5. The molecule has 2 aromatic rings. The lowest BCUT2D eigenvalue weighted by Gasteiger charge is -2.03. The number of carbonyl (C=O) groups excluding carboxylic acids is 1. The van der Waals surface area contributed by atoms with Crippen molar-refractivity contribution in [2.24, 2.45) is 0 Å². The molecule has 0 unspecified atom stereocenters. The molecule has 100 valence electrons. The van der Waals surface area contributed by atoms with Crippen LogP contribution in [0, 0.1) is 6.92 Å². The fourth-order valence-corrected chi connectivity index (χ4v) is 2.11. The van der Waals surface area contributed by atoms with E-state index in [0.717, 1.165) is 18.5 Å². The fraction of sp³-hybridized carbons (Fsp3) is 0.333. The summed E-state index contributed by atoms with van der Waals surface area (Å²) in [5.41, 5.74) is 2.72. The van der Waals surface area contributed by atoms with Crippen molar-refractivity contribution in [3.05, 3.63) is 52.3 Å². The number of rotatable bonds is 5. The van der Waals surface area contributed by atoms with Crippen molar-refractivity contribution in [2.75, 3.05) is 0 Å². The molecule has 0 spiro atoms. The molecule has 0 fully saturated rings. The standard InChI is InChI=1S/C15H17ClN2O/c1-3-4-12-5-7-13(8-6-12)15(19)10-18-9-14(16)11(2)17-18/h5-9H,3-4,10H2,1-2H3. The molecule has 0 saturated carbocycles. The minimum atomic E-state index is 0.0437. The molecular formula is C15H17ClN2O. The van der Waals surface area contributed by atoms with E-state index in [-0.39, 0.29) is 12.3 Å². The average molecular weight is 277 g/mol. The predicted molar refractivity (Wildman–Crippen MR) is 76.7 cm³/mol. The maximum absolute atomic E-state index is 12.1. The lowest BCUT2D eigenvalue weighted by atomic mass is 10.1. The van der Waals surface area contributed by atoms with Gasteiger partial charge in [-0.15, -0.1) is 0 Å². The molecule has 0 bridgehead atoms. The first-order valence-electron chi connectivity index (χ1n) is 6.42. The summed E-state index contributed by atoms with van der Waals surface area (Å²) in [4.78, 5) is 12.1. The molecule has 0 N–H and O–H groups in total. The van der Waals surface area contributed by atoms with E-state index in [9.17, 15) is 4.79 Å². The van der Waals surface area contributed by atoms with Gasteiger partial charge in [0, 0.05) is 11.8 Å². The van der Waals surface area contributed by atoms with Crippen LogP contribution in [-0.4, -0.2) is 15.6 Å². The van der Waals surface area contributed by atoms with Crippen molar-refractivity contribution < 1.29 is 4.79 Å². The quantitative estimate of drug-likeness (QED) is 0.781. The highest BCUT2D eigenvalue weighted by Gasteiger charge is 2.09. The van der Waals surface area contributed by atoms with E-state index < -0.39 is 0 Å². The molecule has 1 heterocycles. The van der Waals surface area contributed by atoms with Crippen molar-refractivity contribution in [3.63, 3.8) is 0 Å². The molecule has 0 aliphatic rings. The Morgan fingerprint density at radius 1 is 1.32 bits per heavy atom. The zero-order valence-corrected chi connectivity index (χ0v) is 11.9. The van der Waals surface area contributed by atoms with E-state index in [1.54, 1.807) is 10.9 Å². The summed E-state index contributed by atoms with van der Waals surface area (Å²) < 4.78 is 1.58. The third-order valence-electron chi connectivity index (χ3n) is 3.01. The zero-order valence-electron chi connectivity index (χ0n) is 11.2. The molecular weight excluding hydrogens is 260 g/mol. The van der Waals surface area contributed by atoms with E-state index >= 15 is 0 Å². The molecule has 0 saturated heterocycles. The predicted octanol–water partition coefficient (Wildman–Crippen LogP) is 3.68. The van der Waals surface area contributed by atoms with Crippen LogP contribution in [0.2, 0.25) is 5.02 Å². The van der Waals surface area contributed by atoms with Gasteiger partial charge in [-0.1, -0.05) is 49.2 Å². The molecule has 19 heavy (non-hydrogen) atoms. The number of hydrogen-bond acceptors (Lipinski definition) is 2. The maximum atomic E-state index is 12.1. The lowest BCUT2D eigenvalue weighted by molar-refractivity contribution is 0.0967. The van der Waals surface area contributed by atoms with Gasteiger partial charge in [0.1, 0.15) is 6.54 Å². The zero-order chi connectivity index (χ0) is 13.8. The SMILES string of the molecule is CCCc1ccc(C(=O)Cn2cc(Cl)c(C)n2)cc1. The van der Waals surface area contributed by atoms with Crippen LogP contribution in [0.15, 0.2) is 30.5 Å². The number of ketones is 1. The third kappa shape index (κ3) is 3.44. The number of aromatic nitrogens is 2. The first-order valence-corrected chi connectivity index (χ1v) is 6.79. The Labute approximate surface area is 118 Å². The van der Waals surface area contributed by atoms with E-state index in [2.05, 4.69) is 12.0 Å². The highest BCUT2D eigenvalue weighted by molar-refractivity contribution is 6.31. The topological polar surface area (TPSA) is 34.9 Å².